The lowest BCUT2D eigenvalue weighted by molar-refractivity contribution is 0.855. The Hall–Kier alpha value is -0.710. The van der Waals surface area contributed by atoms with Crippen molar-refractivity contribution in [1.82, 2.24) is 5.32 Å². The summed E-state index contributed by atoms with van der Waals surface area (Å²) in [6.07, 6.45) is 5.12. The van der Waals surface area contributed by atoms with E-state index in [0.29, 0.717) is 0 Å². The van der Waals surface area contributed by atoms with Gasteiger partial charge in [-0.3, -0.25) is 0 Å². The number of nitrogens with one attached hydrogen (secondary N) is 1. The molecule has 0 aliphatic rings. The molecule has 52 valence electrons. The quantitative estimate of drug-likeness (QED) is 0.346. The molecule has 0 aromatic heterocycles. The van der Waals surface area contributed by atoms with Crippen LogP contribution in [0.5, 0.6) is 0 Å². The van der Waals surface area contributed by atoms with E-state index in [1.807, 2.05) is 6.92 Å². The summed E-state index contributed by atoms with van der Waals surface area (Å²) < 4.78 is 0. The molecule has 0 spiro atoms. The summed E-state index contributed by atoms with van der Waals surface area (Å²) in [6.45, 7) is 6.00. The maximum atomic E-state index is 3.99. The molecule has 0 amide bonds. The Morgan fingerprint density at radius 2 is 2.22 bits per heavy atom. The lowest BCUT2D eigenvalue weighted by Gasteiger charge is -1.77. The van der Waals surface area contributed by atoms with Crippen molar-refractivity contribution < 1.29 is 0 Å². The topological polar surface area (TPSA) is 16.4 Å². The van der Waals surface area contributed by atoms with E-state index >= 15 is 0 Å². The van der Waals surface area contributed by atoms with E-state index < -0.39 is 0 Å². The Morgan fingerprint density at radius 3 is 2.78 bits per heavy atom. The van der Waals surface area contributed by atoms with Crippen LogP contribution in [0.4, 0.5) is 0 Å². The Bertz CT molecular complexity index is 99.2. The summed E-state index contributed by atoms with van der Waals surface area (Å²) in [5.74, 6) is 0. The fourth-order valence-electron chi connectivity index (χ4n) is 0.428. The van der Waals surface area contributed by atoms with Gasteiger partial charge in [-0.05, 0) is 6.92 Å². The second-order valence-corrected chi connectivity index (χ2v) is 1.88. The van der Waals surface area contributed by atoms with Crippen molar-refractivity contribution in [3.63, 3.8) is 0 Å². The van der Waals surface area contributed by atoms with Gasteiger partial charge in [0, 0.05) is 6.42 Å². The predicted molar refractivity (Wildman–Crippen MR) is 40.7 cm³/mol. The Labute approximate surface area is 57.1 Å². The molecule has 2 heteroatoms. The molecule has 0 atom stereocenters. The summed E-state index contributed by atoms with van der Waals surface area (Å²) >= 11 is 0. The smallest absolute Gasteiger partial charge is 0.223 e. The van der Waals surface area contributed by atoms with Gasteiger partial charge in [-0.1, -0.05) is 13.3 Å². The summed E-state index contributed by atoms with van der Waals surface area (Å²) in [4.78, 5) is 3.99. The highest BCUT2D eigenvalue weighted by Crippen LogP contribution is 1.84. The average Bonchev–Trinajstić information content (AvgIpc) is 1.89. The van der Waals surface area contributed by atoms with Crippen LogP contribution in [0.2, 0.25) is 0 Å². The molecule has 9 heavy (non-hydrogen) atoms. The van der Waals surface area contributed by atoms with E-state index in [1.165, 1.54) is 12.8 Å². The van der Waals surface area contributed by atoms with E-state index in [-0.39, 0.29) is 0 Å². The molecule has 0 radical (unpaired) electrons. The Morgan fingerprint density at radius 1 is 1.44 bits per heavy atom. The molecule has 0 rings (SSSR count). The molecule has 0 aromatic rings. The van der Waals surface area contributed by atoms with Gasteiger partial charge in [-0.2, -0.15) is 0 Å². The largest absolute Gasteiger partial charge is 0.368 e. The van der Waals surface area contributed by atoms with Crippen molar-refractivity contribution in [2.75, 3.05) is 13.1 Å². The van der Waals surface area contributed by atoms with Gasteiger partial charge in [0.25, 0.3) is 0 Å². The van der Waals surface area contributed by atoms with Crippen molar-refractivity contribution >= 4 is 0 Å². The van der Waals surface area contributed by atoms with Gasteiger partial charge in [-0.15, -0.1) is 0 Å². The van der Waals surface area contributed by atoms with Crippen molar-refractivity contribution in [2.45, 2.75) is 26.7 Å². The Kier molecular flexibility index (Phi) is 6.71. The fraction of sp³-hybridized carbons (Fsp3) is 0.857. The number of hydrogen-bond acceptors (Lipinski definition) is 1. The molecule has 0 saturated carbocycles. The number of unbranched alkanes of at least 4 members (excludes halogenated alkanes) is 1. The normalized spacial score (nSPS) is 7.78. The molecule has 0 unspecified atom stereocenters. The third-order valence-electron chi connectivity index (χ3n) is 0.958. The van der Waals surface area contributed by atoms with E-state index in [4.69, 9.17) is 0 Å². The monoisotopic (exact) mass is 127 g/mol. The molecule has 1 N–H and O–H groups in total. The first-order valence-corrected chi connectivity index (χ1v) is 3.56. The van der Waals surface area contributed by atoms with Crippen LogP contribution in [0.3, 0.4) is 0 Å². The minimum atomic E-state index is 0.906. The van der Waals surface area contributed by atoms with E-state index in [2.05, 4.69) is 23.3 Å². The average molecular weight is 127 g/mol. The molecule has 0 saturated heterocycles. The minimum Gasteiger partial charge on any atom is -0.223 e. The molecule has 2 nitrogen and oxygen atoms in total. The molecule has 0 aliphatic carbocycles. The van der Waals surface area contributed by atoms with E-state index in [0.717, 1.165) is 13.1 Å². The molecule has 0 aliphatic heterocycles. The second kappa shape index (κ2) is 7.29. The van der Waals surface area contributed by atoms with Crippen LogP contribution in [-0.2, 0) is 0 Å². The molecular weight excluding hydrogens is 112 g/mol. The van der Waals surface area contributed by atoms with Gasteiger partial charge in [-0.25, -0.2) is 10.2 Å². The second-order valence-electron chi connectivity index (χ2n) is 1.88. The fourth-order valence-corrected chi connectivity index (χ4v) is 0.428. The zero-order chi connectivity index (χ0) is 6.95. The van der Waals surface area contributed by atoms with Crippen molar-refractivity contribution in [2.24, 2.45) is 0 Å². The molecule has 0 aromatic carbocycles. The third-order valence-corrected chi connectivity index (χ3v) is 0.958. The zero-order valence-electron chi connectivity index (χ0n) is 6.28. The first kappa shape index (κ1) is 8.29. The highest BCUT2D eigenvalue weighted by Gasteiger charge is 1.82. The number of nitrogens with zero attached hydrogens (tertiary/aromatic N) is 1. The highest BCUT2D eigenvalue weighted by atomic mass is 14.9. The van der Waals surface area contributed by atoms with Crippen molar-refractivity contribution in [3.8, 4) is 6.19 Å². The summed E-state index contributed by atoms with van der Waals surface area (Å²) in [7, 11) is 0. The van der Waals surface area contributed by atoms with Crippen LogP contribution in [0.1, 0.15) is 26.7 Å². The SMILES string of the molecule is CCCC[N+]#CNCC. The predicted octanol–water partition coefficient (Wildman–Crippen LogP) is 1.69. The van der Waals surface area contributed by atoms with Gasteiger partial charge < -0.3 is 0 Å². The lowest BCUT2D eigenvalue weighted by Crippen LogP contribution is -2.01. The molecule has 0 heterocycles. The number of rotatable bonds is 3. The van der Waals surface area contributed by atoms with Gasteiger partial charge in [0.15, 0.2) is 6.54 Å². The van der Waals surface area contributed by atoms with Crippen LogP contribution in [0.25, 0.3) is 4.85 Å². The molecule has 0 bridgehead atoms. The minimum absolute atomic E-state index is 0.906. The zero-order valence-corrected chi connectivity index (χ0v) is 6.28. The maximum absolute atomic E-state index is 3.99. The van der Waals surface area contributed by atoms with Crippen LogP contribution < -0.4 is 5.32 Å². The van der Waals surface area contributed by atoms with Gasteiger partial charge in [0.2, 0.25) is 0 Å². The Balaban J connectivity index is 2.96. The van der Waals surface area contributed by atoms with Gasteiger partial charge in [0.05, 0.1) is 6.54 Å². The molecular formula is C7H15N2+. The lowest BCUT2D eigenvalue weighted by atomic mass is 10.3. The molecule has 0 fully saturated rings. The van der Waals surface area contributed by atoms with Crippen molar-refractivity contribution in [3.05, 3.63) is 4.85 Å². The standard InChI is InChI=1S/C7H14N2/c1-3-5-6-9-7-8-4-2/h3-6H2,1-2H3/p+1. The first-order valence-electron chi connectivity index (χ1n) is 3.56. The van der Waals surface area contributed by atoms with E-state index in [9.17, 15) is 0 Å². The maximum Gasteiger partial charge on any atom is 0.368 e. The summed E-state index contributed by atoms with van der Waals surface area (Å²) in [5, 5.41) is 2.89. The summed E-state index contributed by atoms with van der Waals surface area (Å²) in [5.41, 5.74) is 0. The van der Waals surface area contributed by atoms with Gasteiger partial charge in [0.1, 0.15) is 0 Å². The first-order chi connectivity index (χ1) is 4.41. The third kappa shape index (κ3) is 7.29. The van der Waals surface area contributed by atoms with Crippen LogP contribution in [0.15, 0.2) is 0 Å². The van der Waals surface area contributed by atoms with E-state index in [1.54, 1.807) is 0 Å². The highest BCUT2D eigenvalue weighted by molar-refractivity contribution is 4.81. The van der Waals surface area contributed by atoms with Crippen LogP contribution >= 0.6 is 0 Å². The number of hydrogen-bond donors (Lipinski definition) is 1. The van der Waals surface area contributed by atoms with Gasteiger partial charge >= 0.3 is 6.19 Å². The summed E-state index contributed by atoms with van der Waals surface area (Å²) in [6, 6.07) is 0. The van der Waals surface area contributed by atoms with Crippen LogP contribution in [-0.4, -0.2) is 13.1 Å². The van der Waals surface area contributed by atoms with Crippen LogP contribution in [0, 0.1) is 6.19 Å². The van der Waals surface area contributed by atoms with Crippen molar-refractivity contribution in [1.29, 1.82) is 0 Å².